The van der Waals surface area contributed by atoms with Gasteiger partial charge in [-0.15, -0.1) is 0 Å². The molecule has 1 spiro atoms. The summed E-state index contributed by atoms with van der Waals surface area (Å²) in [5.74, 6) is -4.13. The van der Waals surface area contributed by atoms with Crippen LogP contribution < -0.4 is 0 Å². The van der Waals surface area contributed by atoms with Crippen LogP contribution >= 0.6 is 0 Å². The van der Waals surface area contributed by atoms with Crippen LogP contribution in [0, 0.1) is 39.9 Å². The number of hydrogen-bond donors (Lipinski definition) is 3. The quantitative estimate of drug-likeness (QED) is 0.524. The van der Waals surface area contributed by atoms with Gasteiger partial charge in [0.1, 0.15) is 6.29 Å². The minimum Gasteiger partial charge on any atom is -0.481 e. The van der Waals surface area contributed by atoms with Crippen molar-refractivity contribution in [3.05, 3.63) is 12.2 Å². The number of carboxylic acids is 2. The standard InChI is InChI=1S/C20H26O6/c1-10-7-20-8-11(10)12(22)6-13(20)19(9-21)5-3-4-18(2,17(25)26)15(19)14(20)16(23)24/h9,11-15,22H,1,3-8H2,2H3,(H,23,24)(H,25,26). The summed E-state index contributed by atoms with van der Waals surface area (Å²) in [7, 11) is 0. The fourth-order valence-electron chi connectivity index (χ4n) is 7.61. The average Bonchev–Trinajstić information content (AvgIpc) is 3.00. The van der Waals surface area contributed by atoms with Crippen LogP contribution in [0.25, 0.3) is 0 Å². The molecular weight excluding hydrogens is 336 g/mol. The number of fused-ring (bicyclic) bond motifs is 3. The first kappa shape index (κ1) is 17.7. The van der Waals surface area contributed by atoms with Crippen molar-refractivity contribution in [3.8, 4) is 0 Å². The third-order valence-electron chi connectivity index (χ3n) is 8.46. The van der Waals surface area contributed by atoms with E-state index in [1.807, 2.05) is 0 Å². The molecule has 4 fully saturated rings. The van der Waals surface area contributed by atoms with E-state index in [0.29, 0.717) is 38.5 Å². The SMILES string of the molecule is C=C1CC23CC1C(O)CC2C1(C=O)CCCC(C)(C(=O)O)C1C3C(=O)O. The zero-order chi connectivity index (χ0) is 19.1. The number of aliphatic carboxylic acids is 2. The van der Waals surface area contributed by atoms with E-state index in [1.54, 1.807) is 6.92 Å². The van der Waals surface area contributed by atoms with Crippen LogP contribution in [0.4, 0.5) is 0 Å². The molecule has 142 valence electrons. The molecule has 4 saturated carbocycles. The van der Waals surface area contributed by atoms with Gasteiger partial charge in [-0.3, -0.25) is 9.59 Å². The minimum atomic E-state index is -1.25. The van der Waals surface area contributed by atoms with E-state index < -0.39 is 46.1 Å². The maximum atomic E-state index is 12.5. The third-order valence-corrected chi connectivity index (χ3v) is 8.46. The van der Waals surface area contributed by atoms with Crippen molar-refractivity contribution in [2.75, 3.05) is 0 Å². The number of aliphatic hydroxyl groups excluding tert-OH is 1. The van der Waals surface area contributed by atoms with Gasteiger partial charge in [-0.1, -0.05) is 18.6 Å². The summed E-state index contributed by atoms with van der Waals surface area (Å²) in [5, 5.41) is 30.8. The molecule has 4 rings (SSSR count). The number of aliphatic hydroxyl groups is 1. The topological polar surface area (TPSA) is 112 Å². The minimum absolute atomic E-state index is 0.145. The number of hydrogen-bond acceptors (Lipinski definition) is 4. The van der Waals surface area contributed by atoms with Crippen molar-refractivity contribution < 1.29 is 29.7 Å². The molecule has 4 aliphatic rings. The molecule has 4 aliphatic carbocycles. The fraction of sp³-hybridized carbons (Fsp3) is 0.750. The second-order valence-electron chi connectivity index (χ2n) is 9.33. The van der Waals surface area contributed by atoms with Gasteiger partial charge < -0.3 is 20.1 Å². The van der Waals surface area contributed by atoms with Gasteiger partial charge in [0.15, 0.2) is 0 Å². The lowest BCUT2D eigenvalue weighted by Gasteiger charge is -2.49. The van der Waals surface area contributed by atoms with E-state index in [0.717, 1.165) is 11.9 Å². The molecule has 0 amide bonds. The normalized spacial score (nSPS) is 52.2. The first-order valence-electron chi connectivity index (χ1n) is 9.42. The van der Waals surface area contributed by atoms with E-state index in [4.69, 9.17) is 0 Å². The van der Waals surface area contributed by atoms with Crippen molar-refractivity contribution in [3.63, 3.8) is 0 Å². The molecule has 6 heteroatoms. The summed E-state index contributed by atoms with van der Waals surface area (Å²) in [6, 6.07) is 0. The highest BCUT2D eigenvalue weighted by Crippen LogP contribution is 2.77. The smallest absolute Gasteiger partial charge is 0.309 e. The Kier molecular flexibility index (Phi) is 3.53. The van der Waals surface area contributed by atoms with Gasteiger partial charge in [-0.05, 0) is 50.4 Å². The van der Waals surface area contributed by atoms with Gasteiger partial charge in [0, 0.05) is 17.3 Å². The maximum absolute atomic E-state index is 12.5. The number of carboxylic acid groups (broad SMARTS) is 2. The molecule has 0 radical (unpaired) electrons. The van der Waals surface area contributed by atoms with Gasteiger partial charge >= 0.3 is 11.9 Å². The van der Waals surface area contributed by atoms with Gasteiger partial charge in [0.25, 0.3) is 0 Å². The van der Waals surface area contributed by atoms with Gasteiger partial charge in [-0.25, -0.2) is 0 Å². The molecule has 0 heterocycles. The fourth-order valence-corrected chi connectivity index (χ4v) is 7.61. The molecule has 8 atom stereocenters. The summed E-state index contributed by atoms with van der Waals surface area (Å²) in [4.78, 5) is 37.1. The van der Waals surface area contributed by atoms with E-state index in [9.17, 15) is 29.7 Å². The van der Waals surface area contributed by atoms with Gasteiger partial charge in [0.2, 0.25) is 0 Å². The summed E-state index contributed by atoms with van der Waals surface area (Å²) < 4.78 is 0. The Labute approximate surface area is 152 Å². The Balaban J connectivity index is 1.98. The summed E-state index contributed by atoms with van der Waals surface area (Å²) >= 11 is 0. The highest BCUT2D eigenvalue weighted by Gasteiger charge is 2.77. The molecule has 8 unspecified atom stereocenters. The van der Waals surface area contributed by atoms with Crippen molar-refractivity contribution in [1.82, 2.24) is 0 Å². The summed E-state index contributed by atoms with van der Waals surface area (Å²) in [6.07, 6.45) is 3.00. The lowest BCUT2D eigenvalue weighted by atomic mass is 9.53. The van der Waals surface area contributed by atoms with Crippen LogP contribution in [0.5, 0.6) is 0 Å². The monoisotopic (exact) mass is 362 g/mol. The number of carbonyl (C=O) groups is 3. The van der Waals surface area contributed by atoms with Crippen molar-refractivity contribution in [2.24, 2.45) is 39.9 Å². The Morgan fingerprint density at radius 3 is 2.54 bits per heavy atom. The predicted molar refractivity (Wildman–Crippen MR) is 91.1 cm³/mol. The Morgan fingerprint density at radius 1 is 1.27 bits per heavy atom. The van der Waals surface area contributed by atoms with Crippen molar-refractivity contribution in [1.29, 1.82) is 0 Å². The van der Waals surface area contributed by atoms with Gasteiger partial charge in [-0.2, -0.15) is 0 Å². The lowest BCUT2D eigenvalue weighted by Crippen LogP contribution is -2.52. The van der Waals surface area contributed by atoms with E-state index in [-0.39, 0.29) is 11.8 Å². The van der Waals surface area contributed by atoms with Crippen LogP contribution in [0.15, 0.2) is 12.2 Å². The third kappa shape index (κ3) is 1.79. The Hall–Kier alpha value is -1.69. The highest BCUT2D eigenvalue weighted by molar-refractivity contribution is 5.82. The lowest BCUT2D eigenvalue weighted by molar-refractivity contribution is -0.167. The predicted octanol–water partition coefficient (Wildman–Crippen LogP) is 2.11. The Bertz CT molecular complexity index is 715. The molecule has 0 saturated heterocycles. The second-order valence-corrected chi connectivity index (χ2v) is 9.33. The van der Waals surface area contributed by atoms with Gasteiger partial charge in [0.05, 0.1) is 17.4 Å². The Morgan fingerprint density at radius 2 is 1.96 bits per heavy atom. The molecule has 2 bridgehead atoms. The zero-order valence-corrected chi connectivity index (χ0v) is 15.0. The first-order chi connectivity index (χ1) is 12.1. The summed E-state index contributed by atoms with van der Waals surface area (Å²) in [5.41, 5.74) is -2.06. The molecule has 6 nitrogen and oxygen atoms in total. The zero-order valence-electron chi connectivity index (χ0n) is 15.0. The summed E-state index contributed by atoms with van der Waals surface area (Å²) in [6.45, 7) is 5.69. The van der Waals surface area contributed by atoms with E-state index >= 15 is 0 Å². The molecule has 3 N–H and O–H groups in total. The molecule has 26 heavy (non-hydrogen) atoms. The number of rotatable bonds is 3. The number of aldehydes is 1. The maximum Gasteiger partial charge on any atom is 0.309 e. The van der Waals surface area contributed by atoms with E-state index in [2.05, 4.69) is 6.58 Å². The molecule has 0 aromatic heterocycles. The first-order valence-corrected chi connectivity index (χ1v) is 9.42. The molecule has 0 aliphatic heterocycles. The van der Waals surface area contributed by atoms with Crippen LogP contribution in [-0.2, 0) is 14.4 Å². The van der Waals surface area contributed by atoms with Crippen LogP contribution in [0.2, 0.25) is 0 Å². The molecule has 0 aromatic carbocycles. The van der Waals surface area contributed by atoms with Crippen molar-refractivity contribution >= 4 is 18.2 Å². The number of carbonyl (C=O) groups excluding carboxylic acids is 1. The van der Waals surface area contributed by atoms with Crippen LogP contribution in [0.1, 0.15) is 45.4 Å². The van der Waals surface area contributed by atoms with E-state index in [1.165, 1.54) is 0 Å². The van der Waals surface area contributed by atoms with Crippen LogP contribution in [0.3, 0.4) is 0 Å². The van der Waals surface area contributed by atoms with Crippen molar-refractivity contribution in [2.45, 2.75) is 51.6 Å². The molecular formula is C20H26O6. The van der Waals surface area contributed by atoms with Crippen LogP contribution in [-0.4, -0.2) is 39.6 Å². The average molecular weight is 362 g/mol. The molecule has 0 aromatic rings. The second kappa shape index (κ2) is 5.18. The largest absolute Gasteiger partial charge is 0.481 e. The highest BCUT2D eigenvalue weighted by atomic mass is 16.4.